The van der Waals surface area contributed by atoms with Crippen LogP contribution in [0.5, 0.6) is 17.2 Å². The largest absolute Gasteiger partial charge is 0.493 e. The number of benzene rings is 2. The monoisotopic (exact) mass is 485 g/mol. The molecule has 0 heterocycles. The predicted octanol–water partition coefficient (Wildman–Crippen LogP) is 3.31. The van der Waals surface area contributed by atoms with E-state index in [1.165, 1.54) is 27.4 Å². The van der Waals surface area contributed by atoms with E-state index < -0.39 is 17.9 Å². The van der Waals surface area contributed by atoms with Crippen molar-refractivity contribution in [2.24, 2.45) is 0 Å². The number of aliphatic carboxylic acids is 1. The standard InChI is InChI=1S/C26H31NO8/c1-27(2)14-13-18(17-9-7-6-8-10-17)15-19-20(26(31)35-23(30)12-11-22(28)29)16-21(32-3)25(34-5)24(19)33-4/h6-12,16,18H,13-15H2,1-5H3,(H,28,29)/b12-11-. The molecule has 1 unspecified atom stereocenters. The number of carboxylic acids is 1. The molecule has 0 aromatic heterocycles. The molecular weight excluding hydrogens is 454 g/mol. The van der Waals surface area contributed by atoms with Crippen LogP contribution in [0.2, 0.25) is 0 Å². The summed E-state index contributed by atoms with van der Waals surface area (Å²) in [6.45, 7) is 0.799. The summed E-state index contributed by atoms with van der Waals surface area (Å²) in [5.41, 5.74) is 1.62. The highest BCUT2D eigenvalue weighted by Gasteiger charge is 2.28. The van der Waals surface area contributed by atoms with E-state index >= 15 is 0 Å². The Labute approximate surface area is 204 Å². The molecule has 0 aliphatic carbocycles. The van der Waals surface area contributed by atoms with Crippen molar-refractivity contribution >= 4 is 17.9 Å². The average molecular weight is 486 g/mol. The van der Waals surface area contributed by atoms with E-state index in [0.29, 0.717) is 29.9 Å². The Bertz CT molecular complexity index is 1060. The van der Waals surface area contributed by atoms with Crippen molar-refractivity contribution in [3.63, 3.8) is 0 Å². The van der Waals surface area contributed by atoms with Crippen LogP contribution in [-0.2, 0) is 20.7 Å². The van der Waals surface area contributed by atoms with Gasteiger partial charge in [0.25, 0.3) is 0 Å². The summed E-state index contributed by atoms with van der Waals surface area (Å²) in [4.78, 5) is 37.8. The summed E-state index contributed by atoms with van der Waals surface area (Å²) in [5.74, 6) is -2.59. The van der Waals surface area contributed by atoms with Crippen molar-refractivity contribution in [3.05, 3.63) is 65.2 Å². The third kappa shape index (κ3) is 7.58. The molecule has 1 N–H and O–H groups in total. The van der Waals surface area contributed by atoms with Gasteiger partial charge in [0.1, 0.15) is 0 Å². The van der Waals surface area contributed by atoms with E-state index in [0.717, 1.165) is 18.5 Å². The van der Waals surface area contributed by atoms with Gasteiger partial charge >= 0.3 is 17.9 Å². The molecule has 0 radical (unpaired) electrons. The predicted molar refractivity (Wildman–Crippen MR) is 129 cm³/mol. The summed E-state index contributed by atoms with van der Waals surface area (Å²) in [5, 5.41) is 8.72. The fourth-order valence-electron chi connectivity index (χ4n) is 3.69. The maximum Gasteiger partial charge on any atom is 0.346 e. The lowest BCUT2D eigenvalue weighted by atomic mass is 9.86. The Kier molecular flexibility index (Phi) is 10.3. The molecule has 188 valence electrons. The Morgan fingerprint density at radius 1 is 0.971 bits per heavy atom. The molecule has 0 amide bonds. The molecule has 35 heavy (non-hydrogen) atoms. The Morgan fingerprint density at radius 3 is 2.17 bits per heavy atom. The molecule has 0 bridgehead atoms. The minimum Gasteiger partial charge on any atom is -0.493 e. The van der Waals surface area contributed by atoms with E-state index in [4.69, 9.17) is 24.1 Å². The number of nitrogens with zero attached hydrogens (tertiary/aromatic N) is 1. The number of carboxylic acid groups (broad SMARTS) is 1. The molecule has 0 saturated carbocycles. The lowest BCUT2D eigenvalue weighted by molar-refractivity contribution is -0.134. The normalized spacial score (nSPS) is 11.8. The van der Waals surface area contributed by atoms with Crippen molar-refractivity contribution < 1.29 is 38.4 Å². The number of hydrogen-bond donors (Lipinski definition) is 1. The fourth-order valence-corrected chi connectivity index (χ4v) is 3.69. The van der Waals surface area contributed by atoms with Crippen LogP contribution in [-0.4, -0.2) is 69.9 Å². The minimum atomic E-state index is -1.34. The van der Waals surface area contributed by atoms with Crippen LogP contribution < -0.4 is 14.2 Å². The number of rotatable bonds is 12. The van der Waals surface area contributed by atoms with Crippen LogP contribution in [0, 0.1) is 0 Å². The van der Waals surface area contributed by atoms with Gasteiger partial charge in [-0.2, -0.15) is 0 Å². The number of carbonyl (C=O) groups is 3. The molecule has 9 heteroatoms. The Balaban J connectivity index is 2.60. The molecule has 0 fully saturated rings. The van der Waals surface area contributed by atoms with Crippen LogP contribution in [0.15, 0.2) is 48.6 Å². The molecule has 0 aliphatic heterocycles. The first-order valence-electron chi connectivity index (χ1n) is 10.9. The smallest absolute Gasteiger partial charge is 0.346 e. The topological polar surface area (TPSA) is 112 Å². The number of methoxy groups -OCH3 is 3. The van der Waals surface area contributed by atoms with Crippen LogP contribution >= 0.6 is 0 Å². The molecule has 0 saturated heterocycles. The van der Waals surface area contributed by atoms with Gasteiger partial charge in [0.05, 0.1) is 26.9 Å². The average Bonchev–Trinajstić information content (AvgIpc) is 2.84. The number of carbonyl (C=O) groups excluding carboxylic acids is 2. The summed E-state index contributed by atoms with van der Waals surface area (Å²) >= 11 is 0. The van der Waals surface area contributed by atoms with E-state index in [9.17, 15) is 14.4 Å². The highest BCUT2D eigenvalue weighted by molar-refractivity contribution is 6.03. The molecule has 0 aliphatic rings. The molecule has 0 spiro atoms. The van der Waals surface area contributed by atoms with Gasteiger partial charge in [-0.25, -0.2) is 14.4 Å². The minimum absolute atomic E-state index is 0.000223. The third-order valence-corrected chi connectivity index (χ3v) is 5.35. The second-order valence-electron chi connectivity index (χ2n) is 7.96. The zero-order valence-corrected chi connectivity index (χ0v) is 20.6. The van der Waals surface area contributed by atoms with E-state index in [2.05, 4.69) is 4.90 Å². The van der Waals surface area contributed by atoms with Gasteiger partial charge in [-0.15, -0.1) is 0 Å². The first-order chi connectivity index (χ1) is 16.7. The summed E-state index contributed by atoms with van der Waals surface area (Å²) < 4.78 is 21.4. The highest BCUT2D eigenvalue weighted by Crippen LogP contribution is 2.44. The van der Waals surface area contributed by atoms with E-state index in [1.54, 1.807) is 0 Å². The third-order valence-electron chi connectivity index (χ3n) is 5.35. The van der Waals surface area contributed by atoms with Crippen LogP contribution in [0.25, 0.3) is 0 Å². The lowest BCUT2D eigenvalue weighted by Gasteiger charge is -2.24. The zero-order chi connectivity index (χ0) is 26.0. The summed E-state index contributed by atoms with van der Waals surface area (Å²) in [6.07, 6.45) is 2.42. The van der Waals surface area contributed by atoms with Crippen molar-refractivity contribution in [3.8, 4) is 17.2 Å². The van der Waals surface area contributed by atoms with Gasteiger partial charge in [0, 0.05) is 17.7 Å². The van der Waals surface area contributed by atoms with Gasteiger partial charge in [-0.05, 0) is 51.0 Å². The molecule has 9 nitrogen and oxygen atoms in total. The van der Waals surface area contributed by atoms with Gasteiger partial charge in [0.15, 0.2) is 11.5 Å². The van der Waals surface area contributed by atoms with E-state index in [1.807, 2.05) is 44.4 Å². The van der Waals surface area contributed by atoms with Gasteiger partial charge in [-0.1, -0.05) is 30.3 Å². The first-order valence-corrected chi connectivity index (χ1v) is 10.9. The molecular formula is C26H31NO8. The van der Waals surface area contributed by atoms with Crippen molar-refractivity contribution in [2.75, 3.05) is 42.0 Å². The quantitative estimate of drug-likeness (QED) is 0.275. The molecule has 2 rings (SSSR count). The highest BCUT2D eigenvalue weighted by atomic mass is 16.6. The Morgan fingerprint density at radius 2 is 1.63 bits per heavy atom. The summed E-state index contributed by atoms with van der Waals surface area (Å²) in [7, 11) is 8.30. The lowest BCUT2D eigenvalue weighted by Crippen LogP contribution is -2.19. The fraction of sp³-hybridized carbons (Fsp3) is 0.346. The number of esters is 2. The molecule has 1 atom stereocenters. The maximum absolute atomic E-state index is 13.1. The summed E-state index contributed by atoms with van der Waals surface area (Å²) in [6, 6.07) is 11.3. The second kappa shape index (κ2) is 13.1. The number of hydrogen-bond acceptors (Lipinski definition) is 8. The maximum atomic E-state index is 13.1. The van der Waals surface area contributed by atoms with Crippen LogP contribution in [0.3, 0.4) is 0 Å². The van der Waals surface area contributed by atoms with Crippen molar-refractivity contribution in [1.82, 2.24) is 4.90 Å². The van der Waals surface area contributed by atoms with Crippen LogP contribution in [0.1, 0.15) is 33.8 Å². The SMILES string of the molecule is COc1cc(C(=O)OC(=O)/C=C\C(=O)O)c(CC(CCN(C)C)c2ccccc2)c(OC)c1OC. The Hall–Kier alpha value is -3.85. The van der Waals surface area contributed by atoms with Crippen LogP contribution in [0.4, 0.5) is 0 Å². The van der Waals surface area contributed by atoms with Gasteiger partial charge in [0.2, 0.25) is 5.75 Å². The van der Waals surface area contributed by atoms with E-state index in [-0.39, 0.29) is 23.0 Å². The van der Waals surface area contributed by atoms with Crippen molar-refractivity contribution in [2.45, 2.75) is 18.8 Å². The first kappa shape index (κ1) is 27.4. The second-order valence-corrected chi connectivity index (χ2v) is 7.96. The zero-order valence-electron chi connectivity index (χ0n) is 20.6. The van der Waals surface area contributed by atoms with Gasteiger partial charge in [-0.3, -0.25) is 0 Å². The molecule has 2 aromatic rings. The van der Waals surface area contributed by atoms with Gasteiger partial charge < -0.3 is 29.0 Å². The number of ether oxygens (including phenoxy) is 4. The van der Waals surface area contributed by atoms with Crippen molar-refractivity contribution in [1.29, 1.82) is 0 Å². The molecule has 2 aromatic carbocycles.